The number of benzene rings is 2. The molecule has 6 nitrogen and oxygen atoms in total. The molecule has 27 heavy (non-hydrogen) atoms. The maximum Gasteiger partial charge on any atom is 0.323 e. The SMILES string of the molecule is CCOc1ccc(-c2ccc(NC(=O)Nc3ccc(C)c(Cl)c3)cc2)nn1. The van der Waals surface area contributed by atoms with Gasteiger partial charge in [-0.05, 0) is 49.7 Å². The number of nitrogens with zero attached hydrogens (tertiary/aromatic N) is 2. The first-order valence-electron chi connectivity index (χ1n) is 8.46. The highest BCUT2D eigenvalue weighted by molar-refractivity contribution is 6.31. The first kappa shape index (κ1) is 18.7. The summed E-state index contributed by atoms with van der Waals surface area (Å²) in [5.74, 6) is 0.493. The van der Waals surface area contributed by atoms with Gasteiger partial charge in [-0.25, -0.2) is 4.79 Å². The summed E-state index contributed by atoms with van der Waals surface area (Å²) in [6, 6.07) is 16.0. The number of carbonyl (C=O) groups is 1. The molecule has 0 fully saturated rings. The van der Waals surface area contributed by atoms with Gasteiger partial charge in [-0.1, -0.05) is 29.8 Å². The van der Waals surface area contributed by atoms with Crippen LogP contribution < -0.4 is 15.4 Å². The molecule has 0 saturated heterocycles. The number of halogens is 1. The molecule has 0 atom stereocenters. The van der Waals surface area contributed by atoms with Crippen molar-refractivity contribution in [2.24, 2.45) is 0 Å². The van der Waals surface area contributed by atoms with Crippen molar-refractivity contribution in [1.82, 2.24) is 10.2 Å². The lowest BCUT2D eigenvalue weighted by Gasteiger charge is -2.09. The second-order valence-corrected chi connectivity index (χ2v) is 6.22. The minimum absolute atomic E-state index is 0.344. The fourth-order valence-corrected chi connectivity index (χ4v) is 2.57. The van der Waals surface area contributed by atoms with E-state index in [4.69, 9.17) is 16.3 Å². The number of ether oxygens (including phenoxy) is 1. The monoisotopic (exact) mass is 382 g/mol. The Morgan fingerprint density at radius 2 is 1.70 bits per heavy atom. The Labute approximate surface area is 162 Å². The minimum atomic E-state index is -0.344. The average molecular weight is 383 g/mol. The van der Waals surface area contributed by atoms with Crippen molar-refractivity contribution in [3.8, 4) is 17.1 Å². The van der Waals surface area contributed by atoms with Crippen molar-refractivity contribution in [1.29, 1.82) is 0 Å². The molecule has 0 aliphatic rings. The Morgan fingerprint density at radius 3 is 2.33 bits per heavy atom. The van der Waals surface area contributed by atoms with Gasteiger partial charge in [0.15, 0.2) is 0 Å². The molecule has 2 N–H and O–H groups in total. The summed E-state index contributed by atoms with van der Waals surface area (Å²) in [7, 11) is 0. The lowest BCUT2D eigenvalue weighted by Crippen LogP contribution is -2.19. The molecule has 3 aromatic rings. The Kier molecular flexibility index (Phi) is 5.88. The molecule has 0 aliphatic heterocycles. The van der Waals surface area contributed by atoms with Crippen LogP contribution in [-0.4, -0.2) is 22.8 Å². The van der Waals surface area contributed by atoms with E-state index >= 15 is 0 Å². The third-order valence-corrected chi connectivity index (χ3v) is 4.21. The zero-order chi connectivity index (χ0) is 19.2. The molecule has 0 bridgehead atoms. The van der Waals surface area contributed by atoms with Gasteiger partial charge in [-0.15, -0.1) is 10.2 Å². The molecular formula is C20H19ClN4O2. The van der Waals surface area contributed by atoms with Crippen molar-refractivity contribution in [3.63, 3.8) is 0 Å². The van der Waals surface area contributed by atoms with Gasteiger partial charge in [0, 0.05) is 28.0 Å². The van der Waals surface area contributed by atoms with Gasteiger partial charge in [0.2, 0.25) is 5.88 Å². The van der Waals surface area contributed by atoms with Crippen LogP contribution in [0.15, 0.2) is 54.6 Å². The molecule has 0 unspecified atom stereocenters. The van der Waals surface area contributed by atoms with Crippen LogP contribution >= 0.6 is 11.6 Å². The molecule has 1 aromatic heterocycles. The van der Waals surface area contributed by atoms with E-state index in [1.165, 1.54) is 0 Å². The van der Waals surface area contributed by atoms with Gasteiger partial charge in [0.1, 0.15) is 0 Å². The first-order chi connectivity index (χ1) is 13.0. The standard InChI is InChI=1S/C20H19ClN4O2/c1-3-27-19-11-10-18(24-25-19)14-5-8-15(9-6-14)22-20(26)23-16-7-4-13(2)17(21)12-16/h4-12H,3H2,1-2H3,(H2,22,23,26). The van der Waals surface area contributed by atoms with Crippen molar-refractivity contribution in [2.75, 3.05) is 17.2 Å². The minimum Gasteiger partial charge on any atom is -0.477 e. The molecule has 0 spiro atoms. The predicted octanol–water partition coefficient (Wildman–Crippen LogP) is 5.15. The molecule has 2 aromatic carbocycles. The Bertz CT molecular complexity index is 928. The number of hydrogen-bond acceptors (Lipinski definition) is 4. The topological polar surface area (TPSA) is 76.1 Å². The van der Waals surface area contributed by atoms with Crippen molar-refractivity contribution >= 4 is 29.0 Å². The molecule has 138 valence electrons. The van der Waals surface area contributed by atoms with Crippen molar-refractivity contribution < 1.29 is 9.53 Å². The van der Waals surface area contributed by atoms with Crippen LogP contribution in [-0.2, 0) is 0 Å². The lowest BCUT2D eigenvalue weighted by molar-refractivity contribution is 0.262. The molecule has 7 heteroatoms. The Morgan fingerprint density at radius 1 is 1.00 bits per heavy atom. The van der Waals surface area contributed by atoms with Gasteiger partial charge in [-0.3, -0.25) is 0 Å². The number of anilines is 2. The van der Waals surface area contributed by atoms with Gasteiger partial charge in [-0.2, -0.15) is 0 Å². The maximum atomic E-state index is 12.1. The summed E-state index contributed by atoms with van der Waals surface area (Å²) >= 11 is 6.07. The van der Waals surface area contributed by atoms with Crippen LogP contribution in [0.25, 0.3) is 11.3 Å². The van der Waals surface area contributed by atoms with Crippen molar-refractivity contribution in [2.45, 2.75) is 13.8 Å². The zero-order valence-corrected chi connectivity index (χ0v) is 15.7. The van der Waals surface area contributed by atoms with E-state index in [1.54, 1.807) is 30.3 Å². The van der Waals surface area contributed by atoms with Crippen LogP contribution in [0.1, 0.15) is 12.5 Å². The third-order valence-electron chi connectivity index (χ3n) is 3.80. The molecule has 0 aliphatic carbocycles. The quantitative estimate of drug-likeness (QED) is 0.639. The second-order valence-electron chi connectivity index (χ2n) is 5.81. The highest BCUT2D eigenvalue weighted by atomic mass is 35.5. The first-order valence-corrected chi connectivity index (χ1v) is 8.84. The smallest absolute Gasteiger partial charge is 0.323 e. The largest absolute Gasteiger partial charge is 0.477 e. The second kappa shape index (κ2) is 8.51. The van der Waals surface area contributed by atoms with Crippen LogP contribution in [0.4, 0.5) is 16.2 Å². The normalized spacial score (nSPS) is 10.3. The number of aromatic nitrogens is 2. The molecule has 0 saturated carbocycles. The summed E-state index contributed by atoms with van der Waals surface area (Å²) in [6.45, 7) is 4.35. The Balaban J connectivity index is 1.62. The fourth-order valence-electron chi connectivity index (χ4n) is 2.39. The van der Waals surface area contributed by atoms with Gasteiger partial charge in [0.25, 0.3) is 0 Å². The van der Waals surface area contributed by atoms with E-state index in [2.05, 4.69) is 20.8 Å². The molecule has 2 amide bonds. The fraction of sp³-hybridized carbons (Fsp3) is 0.150. The van der Waals surface area contributed by atoms with E-state index < -0.39 is 0 Å². The summed E-state index contributed by atoms with van der Waals surface area (Å²) < 4.78 is 5.29. The molecular weight excluding hydrogens is 364 g/mol. The van der Waals surface area contributed by atoms with E-state index in [1.807, 2.05) is 38.1 Å². The number of urea groups is 1. The van der Waals surface area contributed by atoms with E-state index in [-0.39, 0.29) is 6.03 Å². The van der Waals surface area contributed by atoms with Crippen LogP contribution in [0.2, 0.25) is 5.02 Å². The van der Waals surface area contributed by atoms with Gasteiger partial charge < -0.3 is 15.4 Å². The highest BCUT2D eigenvalue weighted by Crippen LogP contribution is 2.22. The van der Waals surface area contributed by atoms with Gasteiger partial charge >= 0.3 is 6.03 Å². The lowest BCUT2D eigenvalue weighted by atomic mass is 10.1. The van der Waals surface area contributed by atoms with Crippen molar-refractivity contribution in [3.05, 3.63) is 65.2 Å². The zero-order valence-electron chi connectivity index (χ0n) is 15.0. The number of aryl methyl sites for hydroxylation is 1. The Hall–Kier alpha value is -3.12. The summed E-state index contributed by atoms with van der Waals surface area (Å²) in [5.41, 5.74) is 3.86. The highest BCUT2D eigenvalue weighted by Gasteiger charge is 2.06. The average Bonchev–Trinajstić information content (AvgIpc) is 2.66. The summed E-state index contributed by atoms with van der Waals surface area (Å²) in [6.07, 6.45) is 0. The summed E-state index contributed by atoms with van der Waals surface area (Å²) in [5, 5.41) is 14.3. The number of rotatable bonds is 5. The number of amides is 2. The van der Waals surface area contributed by atoms with Crippen LogP contribution in [0.3, 0.4) is 0 Å². The molecule has 3 rings (SSSR count). The summed E-state index contributed by atoms with van der Waals surface area (Å²) in [4.78, 5) is 12.1. The van der Waals surface area contributed by atoms with E-state index in [0.29, 0.717) is 28.9 Å². The van der Waals surface area contributed by atoms with Crippen LogP contribution in [0, 0.1) is 6.92 Å². The molecule has 0 radical (unpaired) electrons. The number of nitrogens with one attached hydrogen (secondary N) is 2. The maximum absolute atomic E-state index is 12.1. The van der Waals surface area contributed by atoms with E-state index in [9.17, 15) is 4.79 Å². The third kappa shape index (κ3) is 4.95. The van der Waals surface area contributed by atoms with E-state index in [0.717, 1.165) is 16.8 Å². The van der Waals surface area contributed by atoms with Crippen LogP contribution in [0.5, 0.6) is 5.88 Å². The number of hydrogen-bond donors (Lipinski definition) is 2. The van der Waals surface area contributed by atoms with Gasteiger partial charge in [0.05, 0.1) is 12.3 Å². The predicted molar refractivity (Wildman–Crippen MR) is 107 cm³/mol. The molecule has 1 heterocycles. The number of carbonyl (C=O) groups excluding carboxylic acids is 1.